The van der Waals surface area contributed by atoms with Crippen LogP contribution in [0.4, 0.5) is 0 Å². The largest absolute Gasteiger partial charge is 0.265 e. The molecule has 0 aliphatic rings. The van der Waals surface area contributed by atoms with E-state index in [1.165, 1.54) is 0 Å². The number of hydrogen-bond acceptors (Lipinski definition) is 2. The van der Waals surface area contributed by atoms with Crippen LogP contribution < -0.4 is 0 Å². The lowest BCUT2D eigenvalue weighted by molar-refractivity contribution is -0.488. The summed E-state index contributed by atoms with van der Waals surface area (Å²) < 4.78 is 0. The maximum absolute atomic E-state index is 10.4. The average molecular weight is 187 g/mol. The van der Waals surface area contributed by atoms with Crippen LogP contribution in [-0.4, -0.2) is 11.5 Å². The van der Waals surface area contributed by atoms with Crippen molar-refractivity contribution in [2.45, 2.75) is 46.5 Å². The van der Waals surface area contributed by atoms with Crippen molar-refractivity contribution in [1.29, 1.82) is 0 Å². The van der Waals surface area contributed by atoms with Gasteiger partial charge in [0.1, 0.15) is 0 Å². The zero-order valence-corrected chi connectivity index (χ0v) is 8.95. The lowest BCUT2D eigenvalue weighted by Gasteiger charge is -2.14. The minimum Gasteiger partial charge on any atom is -0.265 e. The number of rotatable bonds is 7. The average Bonchev–Trinajstić information content (AvgIpc) is 1.98. The smallest absolute Gasteiger partial charge is 0.206 e. The predicted octanol–water partition coefficient (Wildman–Crippen LogP) is 3.12. The highest BCUT2D eigenvalue weighted by Crippen LogP contribution is 2.18. The quantitative estimate of drug-likeness (QED) is 0.454. The Kier molecular flexibility index (Phi) is 6.55. The molecule has 78 valence electrons. The molecule has 0 rings (SSSR count). The van der Waals surface area contributed by atoms with Gasteiger partial charge in [0.05, 0.1) is 0 Å². The van der Waals surface area contributed by atoms with Crippen molar-refractivity contribution in [2.24, 2.45) is 11.8 Å². The topological polar surface area (TPSA) is 43.1 Å². The van der Waals surface area contributed by atoms with Crippen LogP contribution in [0.2, 0.25) is 0 Å². The number of nitro groups is 1. The summed E-state index contributed by atoms with van der Waals surface area (Å²) in [6.45, 7) is 6.52. The Labute approximate surface area is 80.7 Å². The molecule has 13 heavy (non-hydrogen) atoms. The Morgan fingerprint density at radius 1 is 1.38 bits per heavy atom. The molecule has 0 fully saturated rings. The van der Waals surface area contributed by atoms with Crippen molar-refractivity contribution in [3.63, 3.8) is 0 Å². The van der Waals surface area contributed by atoms with Crippen molar-refractivity contribution in [2.75, 3.05) is 6.54 Å². The number of hydrogen-bond donors (Lipinski definition) is 0. The van der Waals surface area contributed by atoms with Crippen LogP contribution in [0.1, 0.15) is 46.5 Å². The summed E-state index contributed by atoms with van der Waals surface area (Å²) in [6, 6.07) is 0. The third-order valence-corrected chi connectivity index (χ3v) is 2.18. The van der Waals surface area contributed by atoms with Gasteiger partial charge in [0, 0.05) is 10.8 Å². The molecule has 3 nitrogen and oxygen atoms in total. The van der Waals surface area contributed by atoms with E-state index in [1.54, 1.807) is 0 Å². The highest BCUT2D eigenvalue weighted by Gasteiger charge is 2.15. The molecule has 0 amide bonds. The molecular formula is C10H21NO2. The maximum Gasteiger partial charge on any atom is 0.206 e. The molecule has 3 heteroatoms. The van der Waals surface area contributed by atoms with Gasteiger partial charge < -0.3 is 0 Å². The zero-order chi connectivity index (χ0) is 10.3. The lowest BCUT2D eigenvalue weighted by atomic mass is 9.92. The van der Waals surface area contributed by atoms with Crippen LogP contribution in [0.3, 0.4) is 0 Å². The van der Waals surface area contributed by atoms with Gasteiger partial charge in [0.25, 0.3) is 0 Å². The van der Waals surface area contributed by atoms with Gasteiger partial charge in [0.15, 0.2) is 0 Å². The summed E-state index contributed by atoms with van der Waals surface area (Å²) in [6.07, 6.45) is 4.24. The number of nitrogens with zero attached hydrogens (tertiary/aromatic N) is 1. The Bertz CT molecular complexity index is 146. The first-order valence-corrected chi connectivity index (χ1v) is 5.18. The van der Waals surface area contributed by atoms with E-state index in [2.05, 4.69) is 20.8 Å². The van der Waals surface area contributed by atoms with Crippen molar-refractivity contribution >= 4 is 0 Å². The van der Waals surface area contributed by atoms with E-state index < -0.39 is 0 Å². The van der Waals surface area contributed by atoms with E-state index >= 15 is 0 Å². The summed E-state index contributed by atoms with van der Waals surface area (Å²) in [4.78, 5) is 10.2. The molecule has 1 unspecified atom stereocenters. The van der Waals surface area contributed by atoms with Gasteiger partial charge >= 0.3 is 0 Å². The van der Waals surface area contributed by atoms with Crippen molar-refractivity contribution in [3.8, 4) is 0 Å². The van der Waals surface area contributed by atoms with Crippen molar-refractivity contribution in [3.05, 3.63) is 10.1 Å². The van der Waals surface area contributed by atoms with Gasteiger partial charge in [-0.05, 0) is 18.8 Å². The number of unbranched alkanes of at least 4 members (excludes halogenated alkanes) is 1. The third-order valence-electron chi connectivity index (χ3n) is 2.18. The molecule has 0 spiro atoms. The Hall–Kier alpha value is -0.600. The summed E-state index contributed by atoms with van der Waals surface area (Å²) in [5, 5.41) is 10.4. The van der Waals surface area contributed by atoms with E-state index in [-0.39, 0.29) is 17.4 Å². The normalized spacial score (nSPS) is 13.2. The van der Waals surface area contributed by atoms with Gasteiger partial charge in [-0.25, -0.2) is 0 Å². The fourth-order valence-corrected chi connectivity index (χ4v) is 1.65. The SMILES string of the molecule is CCCCC(CC(C)C)C[N+](=O)[O-]. The third kappa shape index (κ3) is 7.75. The van der Waals surface area contributed by atoms with Gasteiger partial charge in [-0.3, -0.25) is 10.1 Å². The van der Waals surface area contributed by atoms with Gasteiger partial charge in [-0.2, -0.15) is 0 Å². The Morgan fingerprint density at radius 2 is 2.00 bits per heavy atom. The van der Waals surface area contributed by atoms with Gasteiger partial charge in [0.2, 0.25) is 6.54 Å². The van der Waals surface area contributed by atoms with E-state index in [9.17, 15) is 10.1 Å². The second-order valence-corrected chi connectivity index (χ2v) is 4.15. The first kappa shape index (κ1) is 12.4. The monoisotopic (exact) mass is 187 g/mol. The van der Waals surface area contributed by atoms with E-state index in [0.29, 0.717) is 5.92 Å². The molecule has 0 aromatic rings. The lowest BCUT2D eigenvalue weighted by Crippen LogP contribution is -2.16. The minimum absolute atomic E-state index is 0.151. The van der Waals surface area contributed by atoms with Crippen molar-refractivity contribution in [1.82, 2.24) is 0 Å². The molecular weight excluding hydrogens is 166 g/mol. The highest BCUT2D eigenvalue weighted by atomic mass is 16.6. The van der Waals surface area contributed by atoms with Gasteiger partial charge in [-0.1, -0.05) is 33.6 Å². The predicted molar refractivity (Wildman–Crippen MR) is 54.3 cm³/mol. The summed E-state index contributed by atoms with van der Waals surface area (Å²) in [5.74, 6) is 0.858. The molecule has 0 N–H and O–H groups in total. The van der Waals surface area contributed by atoms with Crippen LogP contribution in [-0.2, 0) is 0 Å². The molecule has 0 heterocycles. The van der Waals surface area contributed by atoms with E-state index in [4.69, 9.17) is 0 Å². The minimum atomic E-state index is -0.178. The van der Waals surface area contributed by atoms with E-state index in [0.717, 1.165) is 25.7 Å². The first-order valence-electron chi connectivity index (χ1n) is 5.18. The highest BCUT2D eigenvalue weighted by molar-refractivity contribution is 4.60. The fourth-order valence-electron chi connectivity index (χ4n) is 1.65. The Morgan fingerprint density at radius 3 is 2.38 bits per heavy atom. The second kappa shape index (κ2) is 6.87. The standard InChI is InChI=1S/C10H21NO2/c1-4-5-6-10(7-9(2)3)8-11(12)13/h9-10H,4-8H2,1-3H3. The molecule has 0 bridgehead atoms. The maximum atomic E-state index is 10.4. The fraction of sp³-hybridized carbons (Fsp3) is 1.00. The zero-order valence-electron chi connectivity index (χ0n) is 8.95. The molecule has 0 saturated carbocycles. The molecule has 0 aliphatic carbocycles. The van der Waals surface area contributed by atoms with Crippen LogP contribution in [0.25, 0.3) is 0 Å². The van der Waals surface area contributed by atoms with Crippen LogP contribution in [0, 0.1) is 22.0 Å². The first-order chi connectivity index (χ1) is 6.06. The molecule has 0 saturated heterocycles. The molecule has 0 aromatic carbocycles. The van der Waals surface area contributed by atoms with Crippen molar-refractivity contribution < 1.29 is 4.92 Å². The van der Waals surface area contributed by atoms with Crippen LogP contribution in [0.5, 0.6) is 0 Å². The molecule has 0 aliphatic heterocycles. The molecule has 0 radical (unpaired) electrons. The molecule has 0 aromatic heterocycles. The summed E-state index contributed by atoms with van der Waals surface area (Å²) >= 11 is 0. The second-order valence-electron chi connectivity index (χ2n) is 4.15. The Balaban J connectivity index is 3.80. The van der Waals surface area contributed by atoms with Gasteiger partial charge in [-0.15, -0.1) is 0 Å². The van der Waals surface area contributed by atoms with Crippen LogP contribution in [0.15, 0.2) is 0 Å². The van der Waals surface area contributed by atoms with Crippen LogP contribution >= 0.6 is 0 Å². The molecule has 1 atom stereocenters. The summed E-state index contributed by atoms with van der Waals surface area (Å²) in [5.41, 5.74) is 0. The summed E-state index contributed by atoms with van der Waals surface area (Å²) in [7, 11) is 0. The van der Waals surface area contributed by atoms with E-state index in [1.807, 2.05) is 0 Å².